The Kier molecular flexibility index (Phi) is 4.29. The Morgan fingerprint density at radius 1 is 1.50 bits per heavy atom. The zero-order valence-corrected chi connectivity index (χ0v) is 13.5. The van der Waals surface area contributed by atoms with Crippen LogP contribution in [0.1, 0.15) is 49.7 Å². The maximum absolute atomic E-state index is 5.80. The van der Waals surface area contributed by atoms with E-state index in [9.17, 15) is 0 Å². The molecule has 3 atom stereocenters. The first-order chi connectivity index (χ1) is 9.72. The zero-order chi connectivity index (χ0) is 14.1. The van der Waals surface area contributed by atoms with Gasteiger partial charge in [0.2, 0.25) is 0 Å². The molecule has 1 N–H and O–H groups in total. The van der Waals surface area contributed by atoms with Gasteiger partial charge >= 0.3 is 0 Å². The molecule has 0 bridgehead atoms. The molecule has 1 saturated heterocycles. The number of aromatic nitrogens is 1. The summed E-state index contributed by atoms with van der Waals surface area (Å²) in [6.45, 7) is 6.19. The Morgan fingerprint density at radius 2 is 2.35 bits per heavy atom. The van der Waals surface area contributed by atoms with Gasteiger partial charge in [-0.05, 0) is 39.7 Å². The van der Waals surface area contributed by atoms with E-state index in [1.54, 1.807) is 0 Å². The van der Waals surface area contributed by atoms with Gasteiger partial charge in [0, 0.05) is 17.5 Å². The van der Waals surface area contributed by atoms with Crippen molar-refractivity contribution in [1.29, 1.82) is 0 Å². The van der Waals surface area contributed by atoms with Crippen LogP contribution in [0, 0.1) is 0 Å². The van der Waals surface area contributed by atoms with Gasteiger partial charge in [-0.25, -0.2) is 4.98 Å². The van der Waals surface area contributed by atoms with Crippen LogP contribution < -0.4 is 10.2 Å². The smallest absolute Gasteiger partial charge is 0.186 e. The second kappa shape index (κ2) is 6.00. The zero-order valence-electron chi connectivity index (χ0n) is 12.7. The van der Waals surface area contributed by atoms with Crippen molar-refractivity contribution in [2.75, 3.05) is 25.1 Å². The second-order valence-corrected chi connectivity index (χ2v) is 6.91. The number of anilines is 1. The van der Waals surface area contributed by atoms with Crippen molar-refractivity contribution in [2.45, 2.75) is 57.7 Å². The van der Waals surface area contributed by atoms with Crippen molar-refractivity contribution in [1.82, 2.24) is 10.3 Å². The van der Waals surface area contributed by atoms with E-state index in [0.29, 0.717) is 18.2 Å². The van der Waals surface area contributed by atoms with Gasteiger partial charge in [0.25, 0.3) is 0 Å². The van der Waals surface area contributed by atoms with Crippen LogP contribution in [0.25, 0.3) is 0 Å². The lowest BCUT2D eigenvalue weighted by Crippen LogP contribution is -2.48. The van der Waals surface area contributed by atoms with E-state index >= 15 is 0 Å². The third-order valence-corrected chi connectivity index (χ3v) is 5.72. The topological polar surface area (TPSA) is 37.4 Å². The summed E-state index contributed by atoms with van der Waals surface area (Å²) in [7, 11) is 2.06. The van der Waals surface area contributed by atoms with Crippen molar-refractivity contribution in [3.05, 3.63) is 10.6 Å². The monoisotopic (exact) mass is 295 g/mol. The van der Waals surface area contributed by atoms with Gasteiger partial charge in [0.1, 0.15) is 0 Å². The number of fused-ring (bicyclic) bond motifs is 1. The number of ether oxygens (including phenoxy) is 1. The molecule has 1 aliphatic heterocycles. The molecular formula is C15H25N3OS. The van der Waals surface area contributed by atoms with Gasteiger partial charge in [-0.15, -0.1) is 0 Å². The molecule has 3 rings (SSSR count). The number of hydrogen-bond donors (Lipinski definition) is 1. The number of nitrogens with zero attached hydrogens (tertiary/aromatic N) is 2. The highest BCUT2D eigenvalue weighted by atomic mass is 32.1. The maximum Gasteiger partial charge on any atom is 0.186 e. The average molecular weight is 295 g/mol. The van der Waals surface area contributed by atoms with Gasteiger partial charge in [-0.1, -0.05) is 18.3 Å². The normalized spacial score (nSPS) is 30.4. The number of thiazole rings is 1. The van der Waals surface area contributed by atoms with E-state index in [1.165, 1.54) is 28.5 Å². The molecule has 2 aliphatic rings. The molecule has 0 spiro atoms. The molecule has 0 saturated carbocycles. The van der Waals surface area contributed by atoms with Crippen molar-refractivity contribution in [3.63, 3.8) is 0 Å². The SMILES string of the molecule is CCC1COC(C)CN1c1nc2c(s1)C(NC)CCC2. The molecule has 1 aromatic heterocycles. The minimum Gasteiger partial charge on any atom is -0.375 e. The molecule has 0 aromatic carbocycles. The van der Waals surface area contributed by atoms with Crippen LogP contribution in [-0.4, -0.2) is 37.3 Å². The molecule has 3 unspecified atom stereocenters. The van der Waals surface area contributed by atoms with Gasteiger partial charge in [0.15, 0.2) is 5.13 Å². The number of aryl methyl sites for hydroxylation is 1. The summed E-state index contributed by atoms with van der Waals surface area (Å²) in [6.07, 6.45) is 5.05. The van der Waals surface area contributed by atoms with Crippen molar-refractivity contribution >= 4 is 16.5 Å². The average Bonchev–Trinajstić information content (AvgIpc) is 2.90. The van der Waals surface area contributed by atoms with Crippen molar-refractivity contribution < 1.29 is 4.74 Å². The Bertz CT molecular complexity index is 462. The molecule has 1 aromatic rings. The fourth-order valence-electron chi connectivity index (χ4n) is 3.22. The lowest BCUT2D eigenvalue weighted by atomic mass is 9.98. The third kappa shape index (κ3) is 2.59. The highest BCUT2D eigenvalue weighted by molar-refractivity contribution is 7.15. The molecule has 2 heterocycles. The van der Waals surface area contributed by atoms with Crippen LogP contribution in [-0.2, 0) is 11.2 Å². The molecule has 5 heteroatoms. The van der Waals surface area contributed by atoms with Crippen LogP contribution in [0.3, 0.4) is 0 Å². The van der Waals surface area contributed by atoms with Crippen LogP contribution in [0.5, 0.6) is 0 Å². The summed E-state index contributed by atoms with van der Waals surface area (Å²) in [5.74, 6) is 0. The second-order valence-electron chi connectivity index (χ2n) is 5.90. The van der Waals surface area contributed by atoms with E-state index in [2.05, 4.69) is 31.1 Å². The molecular weight excluding hydrogens is 270 g/mol. The number of hydrogen-bond acceptors (Lipinski definition) is 5. The highest BCUT2D eigenvalue weighted by Gasteiger charge is 2.30. The standard InChI is InChI=1S/C15H25N3OS/c1-4-11-9-19-10(2)8-18(11)15-17-13-7-5-6-12(16-3)14(13)20-15/h10-12,16H,4-9H2,1-3H3. The summed E-state index contributed by atoms with van der Waals surface area (Å²) >= 11 is 1.89. The Hall–Kier alpha value is -0.650. The van der Waals surface area contributed by atoms with Gasteiger partial charge < -0.3 is 15.0 Å². The Morgan fingerprint density at radius 3 is 3.10 bits per heavy atom. The summed E-state index contributed by atoms with van der Waals surface area (Å²) in [5.41, 5.74) is 1.32. The largest absolute Gasteiger partial charge is 0.375 e. The van der Waals surface area contributed by atoms with Gasteiger partial charge in [0.05, 0.1) is 24.4 Å². The summed E-state index contributed by atoms with van der Waals surface area (Å²) < 4.78 is 5.80. The van der Waals surface area contributed by atoms with Crippen LogP contribution in [0.4, 0.5) is 5.13 Å². The Balaban J connectivity index is 1.87. The first-order valence-electron chi connectivity index (χ1n) is 7.78. The van der Waals surface area contributed by atoms with E-state index in [4.69, 9.17) is 9.72 Å². The lowest BCUT2D eigenvalue weighted by Gasteiger charge is -2.38. The number of rotatable bonds is 3. The molecule has 0 radical (unpaired) electrons. The first-order valence-corrected chi connectivity index (χ1v) is 8.59. The minimum absolute atomic E-state index is 0.304. The van der Waals surface area contributed by atoms with E-state index in [0.717, 1.165) is 26.0 Å². The van der Waals surface area contributed by atoms with Crippen LogP contribution >= 0.6 is 11.3 Å². The van der Waals surface area contributed by atoms with Gasteiger partial charge in [-0.2, -0.15) is 0 Å². The predicted octanol–water partition coefficient (Wildman–Crippen LogP) is 2.74. The number of morpholine rings is 1. The quantitative estimate of drug-likeness (QED) is 0.930. The number of nitrogens with one attached hydrogen (secondary N) is 1. The van der Waals surface area contributed by atoms with E-state index in [1.807, 2.05) is 11.3 Å². The molecule has 20 heavy (non-hydrogen) atoms. The van der Waals surface area contributed by atoms with E-state index < -0.39 is 0 Å². The third-order valence-electron chi connectivity index (χ3n) is 4.47. The Labute approximate surface area is 125 Å². The minimum atomic E-state index is 0.304. The van der Waals surface area contributed by atoms with Gasteiger partial charge in [-0.3, -0.25) is 0 Å². The summed E-state index contributed by atoms with van der Waals surface area (Å²) in [6, 6.07) is 0.982. The predicted molar refractivity (Wildman–Crippen MR) is 83.7 cm³/mol. The van der Waals surface area contributed by atoms with Crippen molar-refractivity contribution in [3.8, 4) is 0 Å². The van der Waals surface area contributed by atoms with Crippen molar-refractivity contribution in [2.24, 2.45) is 0 Å². The van der Waals surface area contributed by atoms with Crippen LogP contribution in [0.2, 0.25) is 0 Å². The fourth-order valence-corrected chi connectivity index (χ4v) is 4.56. The van der Waals surface area contributed by atoms with Crippen LogP contribution in [0.15, 0.2) is 0 Å². The van der Waals surface area contributed by atoms with E-state index in [-0.39, 0.29) is 0 Å². The highest BCUT2D eigenvalue weighted by Crippen LogP contribution is 2.38. The molecule has 0 amide bonds. The molecule has 1 aliphatic carbocycles. The summed E-state index contributed by atoms with van der Waals surface area (Å²) in [5, 5.41) is 4.65. The first kappa shape index (κ1) is 14.3. The molecule has 112 valence electrons. The summed E-state index contributed by atoms with van der Waals surface area (Å²) in [4.78, 5) is 8.89. The fraction of sp³-hybridized carbons (Fsp3) is 0.800. The maximum atomic E-state index is 5.80. The lowest BCUT2D eigenvalue weighted by molar-refractivity contribution is 0.0299. The molecule has 4 nitrogen and oxygen atoms in total. The molecule has 1 fully saturated rings.